The molecule has 126 valence electrons. The van der Waals surface area contributed by atoms with Crippen LogP contribution in [0.25, 0.3) is 0 Å². The number of halogens is 1. The maximum Gasteiger partial charge on any atom is 0.258 e. The Hall–Kier alpha value is -2.73. The molecular weight excluding hydrogens is 380 g/mol. The zero-order valence-electron chi connectivity index (χ0n) is 13.9. The van der Waals surface area contributed by atoms with E-state index in [1.807, 2.05) is 56.3 Å². The van der Waals surface area contributed by atoms with E-state index in [0.717, 1.165) is 27.0 Å². The number of amides is 1. The molecule has 1 aromatic heterocycles. The minimum atomic E-state index is -0.233. The molecule has 0 radical (unpaired) electrons. The van der Waals surface area contributed by atoms with Crippen molar-refractivity contribution in [1.82, 2.24) is 9.97 Å². The average Bonchev–Trinajstić information content (AvgIpc) is 2.61. The van der Waals surface area contributed by atoms with Gasteiger partial charge < -0.3 is 10.6 Å². The van der Waals surface area contributed by atoms with Crippen LogP contribution in [0.2, 0.25) is 0 Å². The van der Waals surface area contributed by atoms with Gasteiger partial charge in [-0.1, -0.05) is 28.1 Å². The average molecular weight is 397 g/mol. The number of anilines is 3. The van der Waals surface area contributed by atoms with Crippen LogP contribution in [-0.2, 0) is 0 Å². The molecule has 3 rings (SSSR count). The molecular formula is C19H17BrN4O. The summed E-state index contributed by atoms with van der Waals surface area (Å²) in [6.45, 7) is 3.94. The van der Waals surface area contributed by atoms with Crippen LogP contribution in [0.15, 0.2) is 59.3 Å². The second-order valence-corrected chi connectivity index (χ2v) is 6.62. The van der Waals surface area contributed by atoms with Crippen molar-refractivity contribution in [3.63, 3.8) is 0 Å². The molecule has 2 aromatic carbocycles. The number of carbonyl (C=O) groups is 1. The van der Waals surface area contributed by atoms with Gasteiger partial charge in [0.05, 0.1) is 5.56 Å². The molecule has 2 N–H and O–H groups in total. The number of aromatic nitrogens is 2. The molecule has 0 saturated carbocycles. The number of aryl methyl sites for hydroxylation is 2. The lowest BCUT2D eigenvalue weighted by Gasteiger charge is -2.09. The van der Waals surface area contributed by atoms with E-state index in [2.05, 4.69) is 36.5 Å². The van der Waals surface area contributed by atoms with Gasteiger partial charge >= 0.3 is 0 Å². The minimum Gasteiger partial charge on any atom is -0.324 e. The number of nitrogens with one attached hydrogen (secondary N) is 2. The van der Waals surface area contributed by atoms with E-state index >= 15 is 0 Å². The zero-order chi connectivity index (χ0) is 17.8. The van der Waals surface area contributed by atoms with Gasteiger partial charge in [0.1, 0.15) is 0 Å². The lowest BCUT2D eigenvalue weighted by atomic mass is 10.1. The summed E-state index contributed by atoms with van der Waals surface area (Å²) in [7, 11) is 0. The summed E-state index contributed by atoms with van der Waals surface area (Å²) in [5.41, 5.74) is 4.17. The first-order valence-corrected chi connectivity index (χ1v) is 8.54. The highest BCUT2D eigenvalue weighted by Crippen LogP contribution is 2.18. The Morgan fingerprint density at radius 1 is 1.00 bits per heavy atom. The molecule has 0 aliphatic rings. The van der Waals surface area contributed by atoms with Crippen LogP contribution in [0.5, 0.6) is 0 Å². The third-order valence-corrected chi connectivity index (χ3v) is 4.18. The maximum atomic E-state index is 12.4. The van der Waals surface area contributed by atoms with Gasteiger partial charge in [-0.25, -0.2) is 9.97 Å². The van der Waals surface area contributed by atoms with Gasteiger partial charge in [0.2, 0.25) is 5.95 Å². The first kappa shape index (κ1) is 17.1. The molecule has 0 unspecified atom stereocenters. The van der Waals surface area contributed by atoms with E-state index < -0.39 is 0 Å². The summed E-state index contributed by atoms with van der Waals surface area (Å²) in [6, 6.07) is 13.6. The van der Waals surface area contributed by atoms with Gasteiger partial charge in [0, 0.05) is 28.2 Å². The quantitative estimate of drug-likeness (QED) is 0.661. The van der Waals surface area contributed by atoms with Crippen molar-refractivity contribution >= 4 is 39.2 Å². The molecule has 0 spiro atoms. The second-order valence-electron chi connectivity index (χ2n) is 5.70. The molecule has 0 aliphatic carbocycles. The molecule has 0 atom stereocenters. The van der Waals surface area contributed by atoms with E-state index in [1.165, 1.54) is 12.4 Å². The summed E-state index contributed by atoms with van der Waals surface area (Å²) in [5, 5.41) is 5.99. The molecule has 0 fully saturated rings. The third kappa shape index (κ3) is 4.42. The largest absolute Gasteiger partial charge is 0.324 e. The fourth-order valence-corrected chi connectivity index (χ4v) is 2.50. The monoisotopic (exact) mass is 396 g/mol. The Kier molecular flexibility index (Phi) is 5.09. The Bertz CT molecular complexity index is 892. The fraction of sp³-hybridized carbons (Fsp3) is 0.105. The predicted molar refractivity (Wildman–Crippen MR) is 103 cm³/mol. The van der Waals surface area contributed by atoms with Crippen molar-refractivity contribution in [3.05, 3.63) is 76.0 Å². The van der Waals surface area contributed by atoms with Gasteiger partial charge in [0.25, 0.3) is 5.91 Å². The molecule has 0 aliphatic heterocycles. The SMILES string of the molecule is Cc1ccc(C)c(NC(=O)c2cnc(Nc3ccc(Br)cc3)nc2)c1. The lowest BCUT2D eigenvalue weighted by molar-refractivity contribution is 0.102. The number of benzene rings is 2. The molecule has 0 bridgehead atoms. The van der Waals surface area contributed by atoms with E-state index in [-0.39, 0.29) is 5.91 Å². The van der Waals surface area contributed by atoms with Crippen molar-refractivity contribution in [2.45, 2.75) is 13.8 Å². The van der Waals surface area contributed by atoms with Gasteiger partial charge in [0.15, 0.2) is 0 Å². The number of nitrogens with zero attached hydrogens (tertiary/aromatic N) is 2. The highest BCUT2D eigenvalue weighted by atomic mass is 79.9. The normalized spacial score (nSPS) is 10.4. The van der Waals surface area contributed by atoms with Crippen molar-refractivity contribution in [3.8, 4) is 0 Å². The van der Waals surface area contributed by atoms with Crippen LogP contribution in [0, 0.1) is 13.8 Å². The van der Waals surface area contributed by atoms with Crippen LogP contribution in [0.1, 0.15) is 21.5 Å². The molecule has 5 nitrogen and oxygen atoms in total. The Balaban J connectivity index is 1.70. The second kappa shape index (κ2) is 7.44. The highest BCUT2D eigenvalue weighted by Gasteiger charge is 2.09. The Morgan fingerprint density at radius 2 is 1.68 bits per heavy atom. The van der Waals surface area contributed by atoms with Crippen LogP contribution < -0.4 is 10.6 Å². The predicted octanol–water partition coefficient (Wildman–Crippen LogP) is 4.85. The fourth-order valence-electron chi connectivity index (χ4n) is 2.24. The van der Waals surface area contributed by atoms with E-state index in [4.69, 9.17) is 0 Å². The molecule has 6 heteroatoms. The van der Waals surface area contributed by atoms with Gasteiger partial charge in [-0.15, -0.1) is 0 Å². The molecule has 1 heterocycles. The third-order valence-electron chi connectivity index (χ3n) is 3.66. The van der Waals surface area contributed by atoms with Crippen molar-refractivity contribution in [2.24, 2.45) is 0 Å². The first-order valence-electron chi connectivity index (χ1n) is 7.74. The summed E-state index contributed by atoms with van der Waals surface area (Å²) >= 11 is 3.39. The summed E-state index contributed by atoms with van der Waals surface area (Å²) in [5.74, 6) is 0.203. The van der Waals surface area contributed by atoms with E-state index in [0.29, 0.717) is 11.5 Å². The molecule has 3 aromatic rings. The number of carbonyl (C=O) groups excluding carboxylic acids is 1. The summed E-state index contributed by atoms with van der Waals surface area (Å²) in [4.78, 5) is 20.8. The van der Waals surface area contributed by atoms with Crippen molar-refractivity contribution in [2.75, 3.05) is 10.6 Å². The Morgan fingerprint density at radius 3 is 2.36 bits per heavy atom. The summed E-state index contributed by atoms with van der Waals surface area (Å²) in [6.07, 6.45) is 3.02. The number of hydrogen-bond acceptors (Lipinski definition) is 4. The molecule has 1 amide bonds. The summed E-state index contributed by atoms with van der Waals surface area (Å²) < 4.78 is 0.998. The minimum absolute atomic E-state index is 0.233. The van der Waals surface area contributed by atoms with Crippen LogP contribution >= 0.6 is 15.9 Å². The van der Waals surface area contributed by atoms with Gasteiger partial charge in [-0.2, -0.15) is 0 Å². The van der Waals surface area contributed by atoms with Gasteiger partial charge in [-0.3, -0.25) is 4.79 Å². The van der Waals surface area contributed by atoms with Crippen LogP contribution in [-0.4, -0.2) is 15.9 Å². The maximum absolute atomic E-state index is 12.4. The van der Waals surface area contributed by atoms with E-state index in [1.54, 1.807) is 0 Å². The van der Waals surface area contributed by atoms with Crippen molar-refractivity contribution < 1.29 is 4.79 Å². The van der Waals surface area contributed by atoms with Crippen molar-refractivity contribution in [1.29, 1.82) is 0 Å². The van der Waals surface area contributed by atoms with Crippen LogP contribution in [0.4, 0.5) is 17.3 Å². The standard InChI is InChI=1S/C19H17BrN4O/c1-12-3-4-13(2)17(9-12)24-18(25)14-10-21-19(22-11-14)23-16-7-5-15(20)6-8-16/h3-11H,1-2H3,(H,24,25)(H,21,22,23). The number of rotatable bonds is 4. The highest BCUT2D eigenvalue weighted by molar-refractivity contribution is 9.10. The Labute approximate surface area is 154 Å². The molecule has 0 saturated heterocycles. The van der Waals surface area contributed by atoms with Gasteiger partial charge in [-0.05, 0) is 55.3 Å². The topological polar surface area (TPSA) is 66.9 Å². The smallest absolute Gasteiger partial charge is 0.258 e. The number of hydrogen-bond donors (Lipinski definition) is 2. The zero-order valence-corrected chi connectivity index (χ0v) is 15.5. The first-order chi connectivity index (χ1) is 12.0. The van der Waals surface area contributed by atoms with Crippen LogP contribution in [0.3, 0.4) is 0 Å². The van der Waals surface area contributed by atoms with E-state index in [9.17, 15) is 4.79 Å². The lowest BCUT2D eigenvalue weighted by Crippen LogP contribution is -2.14. The molecule has 25 heavy (non-hydrogen) atoms.